The van der Waals surface area contributed by atoms with E-state index < -0.39 is 5.97 Å². The van der Waals surface area contributed by atoms with Gasteiger partial charge in [0.2, 0.25) is 0 Å². The molecule has 0 radical (unpaired) electrons. The number of pyridine rings is 2. The molecule has 0 atom stereocenters. The number of nitrogens with one attached hydrogen (secondary N) is 2. The van der Waals surface area contributed by atoms with Crippen LogP contribution in [0.15, 0.2) is 48.8 Å². The lowest BCUT2D eigenvalue weighted by Gasteiger charge is -2.10. The molecule has 4 aromatic rings. The van der Waals surface area contributed by atoms with E-state index in [1.165, 1.54) is 6.07 Å². The molecule has 124 valence electrons. The summed E-state index contributed by atoms with van der Waals surface area (Å²) in [5.74, 6) is 0.346. The highest BCUT2D eigenvalue weighted by Crippen LogP contribution is 2.30. The number of aromatic nitrogens is 3. The lowest BCUT2D eigenvalue weighted by molar-refractivity contribution is 0.0691. The first-order valence-corrected chi connectivity index (χ1v) is 7.56. The van der Waals surface area contributed by atoms with Crippen molar-refractivity contribution >= 4 is 39.3 Å². The minimum atomic E-state index is -1.02. The van der Waals surface area contributed by atoms with Crippen molar-refractivity contribution in [1.29, 1.82) is 0 Å². The number of fused-ring (bicyclic) bond motifs is 3. The third-order valence-corrected chi connectivity index (χ3v) is 3.96. The zero-order chi connectivity index (χ0) is 17.4. The quantitative estimate of drug-likeness (QED) is 0.527. The maximum Gasteiger partial charge on any atom is 0.352 e. The zero-order valence-electron chi connectivity index (χ0n) is 13.3. The number of aromatic amines is 1. The van der Waals surface area contributed by atoms with Gasteiger partial charge in [-0.1, -0.05) is 0 Å². The van der Waals surface area contributed by atoms with Crippen LogP contribution in [0, 0.1) is 0 Å². The summed E-state index contributed by atoms with van der Waals surface area (Å²) < 4.78 is 5.16. The number of carboxylic acid groups (broad SMARTS) is 1. The van der Waals surface area contributed by atoms with Gasteiger partial charge < -0.3 is 20.1 Å². The van der Waals surface area contributed by atoms with Crippen LogP contribution in [0.3, 0.4) is 0 Å². The summed E-state index contributed by atoms with van der Waals surface area (Å²) in [6, 6.07) is 10.8. The van der Waals surface area contributed by atoms with Gasteiger partial charge in [-0.05, 0) is 36.4 Å². The summed E-state index contributed by atoms with van der Waals surface area (Å²) in [5, 5.41) is 14.1. The van der Waals surface area contributed by atoms with Crippen molar-refractivity contribution in [2.75, 3.05) is 12.4 Å². The van der Waals surface area contributed by atoms with Crippen molar-refractivity contribution in [1.82, 2.24) is 15.0 Å². The van der Waals surface area contributed by atoms with E-state index in [9.17, 15) is 9.90 Å². The average Bonchev–Trinajstić information content (AvgIpc) is 3.07. The first-order valence-electron chi connectivity index (χ1n) is 7.56. The van der Waals surface area contributed by atoms with E-state index in [0.717, 1.165) is 22.2 Å². The highest BCUT2D eigenvalue weighted by Gasteiger charge is 2.14. The van der Waals surface area contributed by atoms with Gasteiger partial charge >= 0.3 is 5.97 Å². The molecule has 0 aliphatic heterocycles. The Hall–Kier alpha value is -3.61. The van der Waals surface area contributed by atoms with E-state index in [4.69, 9.17) is 4.74 Å². The Morgan fingerprint density at radius 2 is 2.00 bits per heavy atom. The molecule has 0 amide bonds. The SMILES string of the molecule is COc1ccc(Nc2nc3cc(C(=O)O)[nH]c3c3ccncc23)cc1. The number of benzene rings is 1. The largest absolute Gasteiger partial charge is 0.497 e. The van der Waals surface area contributed by atoms with Gasteiger partial charge in [-0.3, -0.25) is 4.98 Å². The van der Waals surface area contributed by atoms with Crippen LogP contribution < -0.4 is 10.1 Å². The van der Waals surface area contributed by atoms with Crippen LogP contribution in [0.25, 0.3) is 21.8 Å². The van der Waals surface area contributed by atoms with Crippen LogP contribution in [0.5, 0.6) is 5.75 Å². The van der Waals surface area contributed by atoms with E-state index in [1.807, 2.05) is 30.3 Å². The number of carbonyl (C=O) groups is 1. The highest BCUT2D eigenvalue weighted by atomic mass is 16.5. The van der Waals surface area contributed by atoms with Crippen LogP contribution in [0.4, 0.5) is 11.5 Å². The molecule has 0 saturated carbocycles. The fraction of sp³-hybridized carbons (Fsp3) is 0.0556. The molecular weight excluding hydrogens is 320 g/mol. The number of methoxy groups -OCH3 is 1. The Bertz CT molecular complexity index is 1090. The second-order valence-corrected chi connectivity index (χ2v) is 5.48. The molecule has 1 aromatic carbocycles. The molecule has 4 rings (SSSR count). The minimum absolute atomic E-state index is 0.0993. The molecule has 0 saturated heterocycles. The normalized spacial score (nSPS) is 10.9. The molecular formula is C18H14N4O3. The van der Waals surface area contributed by atoms with Crippen LogP contribution in [-0.4, -0.2) is 33.1 Å². The molecule has 25 heavy (non-hydrogen) atoms. The van der Waals surface area contributed by atoms with E-state index in [1.54, 1.807) is 19.5 Å². The van der Waals surface area contributed by atoms with Crippen LogP contribution in [-0.2, 0) is 0 Å². The van der Waals surface area contributed by atoms with E-state index in [2.05, 4.69) is 20.3 Å². The molecule has 7 heteroatoms. The third-order valence-electron chi connectivity index (χ3n) is 3.96. The Morgan fingerprint density at radius 3 is 2.72 bits per heavy atom. The highest BCUT2D eigenvalue weighted by molar-refractivity contribution is 6.10. The fourth-order valence-corrected chi connectivity index (χ4v) is 2.74. The summed E-state index contributed by atoms with van der Waals surface area (Å²) in [6.07, 6.45) is 3.37. The van der Waals surface area contributed by atoms with E-state index >= 15 is 0 Å². The van der Waals surface area contributed by atoms with Crippen LogP contribution in [0.2, 0.25) is 0 Å². The van der Waals surface area contributed by atoms with Crippen LogP contribution in [0.1, 0.15) is 10.5 Å². The minimum Gasteiger partial charge on any atom is -0.497 e. The monoisotopic (exact) mass is 334 g/mol. The Labute approximate surface area is 142 Å². The number of H-pyrrole nitrogens is 1. The summed E-state index contributed by atoms with van der Waals surface area (Å²) in [6.45, 7) is 0. The first kappa shape index (κ1) is 14.9. The number of carboxylic acids is 1. The second kappa shape index (κ2) is 5.79. The van der Waals surface area contributed by atoms with Gasteiger partial charge in [0, 0.05) is 28.9 Å². The van der Waals surface area contributed by atoms with Gasteiger partial charge in [0.05, 0.1) is 18.1 Å². The summed E-state index contributed by atoms with van der Waals surface area (Å²) in [5.41, 5.74) is 2.19. The summed E-state index contributed by atoms with van der Waals surface area (Å²) >= 11 is 0. The summed E-state index contributed by atoms with van der Waals surface area (Å²) in [7, 11) is 1.61. The average molecular weight is 334 g/mol. The smallest absolute Gasteiger partial charge is 0.352 e. The second-order valence-electron chi connectivity index (χ2n) is 5.48. The van der Waals surface area contributed by atoms with Gasteiger partial charge in [0.25, 0.3) is 0 Å². The van der Waals surface area contributed by atoms with Crippen molar-refractivity contribution in [3.63, 3.8) is 0 Å². The molecule has 0 bridgehead atoms. The number of anilines is 2. The maximum atomic E-state index is 11.2. The van der Waals surface area contributed by atoms with Gasteiger partial charge in [0.15, 0.2) is 0 Å². The molecule has 3 N–H and O–H groups in total. The van der Waals surface area contributed by atoms with Crippen molar-refractivity contribution in [2.45, 2.75) is 0 Å². The van der Waals surface area contributed by atoms with Gasteiger partial charge in [-0.2, -0.15) is 0 Å². The Kier molecular flexibility index (Phi) is 3.46. The van der Waals surface area contributed by atoms with Crippen molar-refractivity contribution < 1.29 is 14.6 Å². The van der Waals surface area contributed by atoms with E-state index in [-0.39, 0.29) is 5.69 Å². The van der Waals surface area contributed by atoms with Gasteiger partial charge in [-0.25, -0.2) is 9.78 Å². The topological polar surface area (TPSA) is 100 Å². The van der Waals surface area contributed by atoms with Crippen molar-refractivity contribution in [2.24, 2.45) is 0 Å². The van der Waals surface area contributed by atoms with Crippen molar-refractivity contribution in [3.8, 4) is 5.75 Å². The maximum absolute atomic E-state index is 11.2. The third kappa shape index (κ3) is 2.61. The lowest BCUT2D eigenvalue weighted by Crippen LogP contribution is -1.96. The first-order chi connectivity index (χ1) is 12.2. The zero-order valence-corrected chi connectivity index (χ0v) is 13.3. The Morgan fingerprint density at radius 1 is 1.20 bits per heavy atom. The number of aromatic carboxylic acids is 1. The molecule has 0 unspecified atom stereocenters. The number of hydrogen-bond acceptors (Lipinski definition) is 5. The lowest BCUT2D eigenvalue weighted by atomic mass is 10.1. The predicted molar refractivity (Wildman–Crippen MR) is 94.6 cm³/mol. The molecule has 0 aliphatic carbocycles. The number of nitrogens with zero attached hydrogens (tertiary/aromatic N) is 2. The molecule has 7 nitrogen and oxygen atoms in total. The molecule has 3 aromatic heterocycles. The fourth-order valence-electron chi connectivity index (χ4n) is 2.74. The summed E-state index contributed by atoms with van der Waals surface area (Å²) in [4.78, 5) is 22.9. The molecule has 0 fully saturated rings. The van der Waals surface area contributed by atoms with Gasteiger partial charge in [0.1, 0.15) is 17.3 Å². The standard InChI is InChI=1S/C18H14N4O3/c1-25-11-4-2-10(3-5-11)20-17-13-9-19-7-6-12(13)16-14(22-17)8-15(21-16)18(23)24/h2-9,21H,1H3,(H,20,22)(H,23,24). The molecule has 0 spiro atoms. The van der Waals surface area contributed by atoms with Gasteiger partial charge in [-0.15, -0.1) is 0 Å². The number of hydrogen-bond donors (Lipinski definition) is 3. The number of rotatable bonds is 4. The van der Waals surface area contributed by atoms with Crippen molar-refractivity contribution in [3.05, 3.63) is 54.5 Å². The predicted octanol–water partition coefficient (Wildman–Crippen LogP) is 3.56. The van der Waals surface area contributed by atoms with E-state index in [0.29, 0.717) is 16.9 Å². The Balaban J connectivity index is 1.87. The molecule has 0 aliphatic rings. The molecule has 3 heterocycles. The number of ether oxygens (including phenoxy) is 1. The van der Waals surface area contributed by atoms with Crippen LogP contribution >= 0.6 is 0 Å².